The van der Waals surface area contributed by atoms with Gasteiger partial charge in [0.25, 0.3) is 0 Å². The molecule has 2 heterocycles. The summed E-state index contributed by atoms with van der Waals surface area (Å²) in [5.74, 6) is -0.419. The number of imide groups is 1. The van der Waals surface area contributed by atoms with Gasteiger partial charge in [-0.1, -0.05) is 12.1 Å². The lowest BCUT2D eigenvalue weighted by molar-refractivity contribution is -0.142. The molecule has 10 heteroatoms. The Morgan fingerprint density at radius 3 is 2.64 bits per heavy atom. The molecule has 0 saturated carbocycles. The number of hydrogen-bond donors (Lipinski definition) is 2. The van der Waals surface area contributed by atoms with Gasteiger partial charge in [-0.25, -0.2) is 9.18 Å². The molecule has 0 aromatic heterocycles. The zero-order valence-electron chi connectivity index (χ0n) is 20.7. The molecule has 9 nitrogen and oxygen atoms in total. The second kappa shape index (κ2) is 10.9. The summed E-state index contributed by atoms with van der Waals surface area (Å²) in [6.45, 7) is 2.19. The second-order valence-corrected chi connectivity index (χ2v) is 9.00. The Kier molecular flexibility index (Phi) is 7.73. The zero-order valence-corrected chi connectivity index (χ0v) is 20.7. The lowest BCUT2D eigenvalue weighted by Crippen LogP contribution is -2.68. The Balaban J connectivity index is 1.49. The molecule has 2 aliphatic heterocycles. The van der Waals surface area contributed by atoms with Crippen molar-refractivity contribution < 1.29 is 28.2 Å². The maximum Gasteiger partial charge on any atom is 0.328 e. The number of anilines is 1. The van der Waals surface area contributed by atoms with Crippen LogP contribution in [0.4, 0.5) is 14.9 Å². The van der Waals surface area contributed by atoms with Crippen molar-refractivity contribution in [3.63, 3.8) is 0 Å². The topological polar surface area (TPSA) is 100 Å². The number of rotatable bonds is 8. The number of piperidine rings is 1. The summed E-state index contributed by atoms with van der Waals surface area (Å²) in [6, 6.07) is 9.35. The lowest BCUT2D eigenvalue weighted by Gasteiger charge is -2.46. The molecule has 2 saturated heterocycles. The first-order chi connectivity index (χ1) is 17.3. The molecule has 4 rings (SSSR count). The van der Waals surface area contributed by atoms with Crippen LogP contribution in [-0.4, -0.2) is 67.7 Å². The molecule has 0 bridgehead atoms. The number of carbonyl (C=O) groups is 3. The van der Waals surface area contributed by atoms with Crippen molar-refractivity contribution in [2.24, 2.45) is 5.92 Å². The Hall–Kier alpha value is -3.66. The van der Waals surface area contributed by atoms with Crippen LogP contribution in [0.5, 0.6) is 11.5 Å². The highest BCUT2D eigenvalue weighted by molar-refractivity contribution is 6.01. The zero-order chi connectivity index (χ0) is 25.8. The number of hydrogen-bond acceptors (Lipinski definition) is 6. The highest BCUT2D eigenvalue weighted by atomic mass is 19.1. The third-order valence-corrected chi connectivity index (χ3v) is 6.66. The van der Waals surface area contributed by atoms with Gasteiger partial charge in [0.1, 0.15) is 12.4 Å². The number of amides is 4. The molecule has 2 aromatic rings. The maximum atomic E-state index is 13.9. The largest absolute Gasteiger partial charge is 0.493 e. The summed E-state index contributed by atoms with van der Waals surface area (Å²) >= 11 is 0. The fourth-order valence-corrected chi connectivity index (χ4v) is 4.70. The van der Waals surface area contributed by atoms with Crippen LogP contribution in [0.2, 0.25) is 0 Å². The molecule has 2 fully saturated rings. The molecule has 2 aliphatic rings. The Labute approximate surface area is 209 Å². The second-order valence-electron chi connectivity index (χ2n) is 9.00. The number of carbonyl (C=O) groups excluding carboxylic acids is 3. The average molecular weight is 499 g/mol. The number of ether oxygens (including phenoxy) is 2. The fraction of sp³-hybridized carbons (Fsp3) is 0.423. The van der Waals surface area contributed by atoms with E-state index in [1.165, 1.54) is 15.9 Å². The Morgan fingerprint density at radius 1 is 1.14 bits per heavy atom. The smallest absolute Gasteiger partial charge is 0.328 e. The SMILES string of the molecule is COc1ccc(CCN2C(=O)C3CCCNC3N(CC(=O)Nc3ccc(C)c(F)c3)C2=O)cc1OC. The van der Waals surface area contributed by atoms with E-state index in [9.17, 15) is 18.8 Å². The summed E-state index contributed by atoms with van der Waals surface area (Å²) < 4.78 is 24.5. The molecular formula is C26H31FN4O5. The first-order valence-electron chi connectivity index (χ1n) is 11.9. The van der Waals surface area contributed by atoms with Gasteiger partial charge in [0, 0.05) is 12.2 Å². The number of aryl methyl sites for hydroxylation is 1. The van der Waals surface area contributed by atoms with Gasteiger partial charge in [0.2, 0.25) is 11.8 Å². The van der Waals surface area contributed by atoms with Gasteiger partial charge in [-0.2, -0.15) is 0 Å². The van der Waals surface area contributed by atoms with E-state index in [1.807, 2.05) is 12.1 Å². The number of fused-ring (bicyclic) bond motifs is 1. The van der Waals surface area contributed by atoms with Gasteiger partial charge >= 0.3 is 6.03 Å². The average Bonchev–Trinajstić information content (AvgIpc) is 2.88. The molecular weight excluding hydrogens is 467 g/mol. The highest BCUT2D eigenvalue weighted by Gasteiger charge is 2.47. The standard InChI is InChI=1S/C26H31FN4O5/c1-16-6-8-18(14-20(16)27)29-23(32)15-31-24-19(5-4-11-28-24)25(33)30(26(31)34)12-10-17-7-9-21(35-2)22(13-17)36-3/h6-9,13-14,19,24,28H,4-5,10-12,15H2,1-3H3,(H,29,32). The van der Waals surface area contributed by atoms with E-state index in [0.717, 1.165) is 12.0 Å². The number of benzene rings is 2. The maximum absolute atomic E-state index is 13.9. The molecule has 0 spiro atoms. The molecule has 2 atom stereocenters. The van der Waals surface area contributed by atoms with E-state index in [2.05, 4.69) is 10.6 Å². The molecule has 192 valence electrons. The summed E-state index contributed by atoms with van der Waals surface area (Å²) in [6.07, 6.45) is 1.29. The van der Waals surface area contributed by atoms with Crippen LogP contribution in [0.25, 0.3) is 0 Å². The molecule has 36 heavy (non-hydrogen) atoms. The van der Waals surface area contributed by atoms with Crippen LogP contribution in [0.3, 0.4) is 0 Å². The minimum Gasteiger partial charge on any atom is -0.493 e. The molecule has 2 aromatic carbocycles. The third kappa shape index (κ3) is 5.28. The van der Waals surface area contributed by atoms with Gasteiger partial charge in [0.15, 0.2) is 11.5 Å². The van der Waals surface area contributed by atoms with Crippen molar-refractivity contribution in [3.05, 3.63) is 53.3 Å². The van der Waals surface area contributed by atoms with Crippen LogP contribution in [-0.2, 0) is 16.0 Å². The lowest BCUT2D eigenvalue weighted by atomic mass is 9.91. The predicted octanol–water partition coefficient (Wildman–Crippen LogP) is 2.92. The number of urea groups is 1. The van der Waals surface area contributed by atoms with Crippen molar-refractivity contribution >= 4 is 23.5 Å². The minimum absolute atomic E-state index is 0.164. The van der Waals surface area contributed by atoms with Crippen LogP contribution in [0, 0.1) is 18.7 Å². The van der Waals surface area contributed by atoms with Gasteiger partial charge in [-0.3, -0.25) is 24.7 Å². The van der Waals surface area contributed by atoms with Gasteiger partial charge in [0.05, 0.1) is 26.3 Å². The highest BCUT2D eigenvalue weighted by Crippen LogP contribution is 2.30. The number of methoxy groups -OCH3 is 2. The van der Waals surface area contributed by atoms with Gasteiger partial charge in [-0.15, -0.1) is 0 Å². The number of nitrogens with one attached hydrogen (secondary N) is 2. The molecule has 0 aliphatic carbocycles. The molecule has 4 amide bonds. The van der Waals surface area contributed by atoms with E-state index in [1.54, 1.807) is 39.3 Å². The monoisotopic (exact) mass is 498 g/mol. The summed E-state index contributed by atoms with van der Waals surface area (Å²) in [4.78, 5) is 42.1. The molecule has 2 unspecified atom stereocenters. The normalized spacial score (nSPS) is 19.7. The fourth-order valence-electron chi connectivity index (χ4n) is 4.70. The van der Waals surface area contributed by atoms with Gasteiger partial charge < -0.3 is 14.8 Å². The number of nitrogens with zero attached hydrogens (tertiary/aromatic N) is 2. The van der Waals surface area contributed by atoms with Gasteiger partial charge in [-0.05, 0) is 68.1 Å². The first kappa shape index (κ1) is 25.4. The Morgan fingerprint density at radius 2 is 1.92 bits per heavy atom. The summed E-state index contributed by atoms with van der Waals surface area (Å²) in [5, 5.41) is 5.88. The van der Waals surface area contributed by atoms with Crippen LogP contribution in [0.15, 0.2) is 36.4 Å². The van der Waals surface area contributed by atoms with Crippen LogP contribution >= 0.6 is 0 Å². The number of halogens is 1. The molecule has 0 radical (unpaired) electrons. The minimum atomic E-state index is -0.559. The van der Waals surface area contributed by atoms with E-state index in [0.29, 0.717) is 42.1 Å². The quantitative estimate of drug-likeness (QED) is 0.581. The van der Waals surface area contributed by atoms with Crippen molar-refractivity contribution in [2.75, 3.05) is 39.2 Å². The summed E-state index contributed by atoms with van der Waals surface area (Å²) in [5.41, 5.74) is 1.65. The Bertz CT molecular complexity index is 1160. The molecule has 2 N–H and O–H groups in total. The summed E-state index contributed by atoms with van der Waals surface area (Å²) in [7, 11) is 3.10. The van der Waals surface area contributed by atoms with Crippen molar-refractivity contribution in [1.29, 1.82) is 0 Å². The van der Waals surface area contributed by atoms with Crippen LogP contribution in [0.1, 0.15) is 24.0 Å². The van der Waals surface area contributed by atoms with E-state index >= 15 is 0 Å². The van der Waals surface area contributed by atoms with E-state index in [4.69, 9.17) is 9.47 Å². The van der Waals surface area contributed by atoms with Crippen LogP contribution < -0.4 is 20.1 Å². The first-order valence-corrected chi connectivity index (χ1v) is 11.9. The van der Waals surface area contributed by atoms with Crippen molar-refractivity contribution in [1.82, 2.24) is 15.1 Å². The predicted molar refractivity (Wildman–Crippen MR) is 131 cm³/mol. The van der Waals surface area contributed by atoms with E-state index < -0.39 is 29.8 Å². The van der Waals surface area contributed by atoms with Crippen molar-refractivity contribution in [2.45, 2.75) is 32.4 Å². The third-order valence-electron chi connectivity index (χ3n) is 6.66. The van der Waals surface area contributed by atoms with Crippen molar-refractivity contribution in [3.8, 4) is 11.5 Å². The van der Waals surface area contributed by atoms with E-state index in [-0.39, 0.29) is 19.0 Å².